The van der Waals surface area contributed by atoms with Gasteiger partial charge in [-0.2, -0.15) is 0 Å². The third-order valence-corrected chi connectivity index (χ3v) is 4.77. The number of carbonyl (C=O) groups is 1. The molecule has 2 N–H and O–H groups in total. The Morgan fingerprint density at radius 1 is 1.65 bits per heavy atom. The third-order valence-electron chi connectivity index (χ3n) is 3.92. The predicted molar refractivity (Wildman–Crippen MR) is 78.7 cm³/mol. The molecule has 0 aromatic carbocycles. The predicted octanol–water partition coefficient (Wildman–Crippen LogP) is 1.64. The van der Waals surface area contributed by atoms with Crippen molar-refractivity contribution in [1.82, 2.24) is 5.32 Å². The van der Waals surface area contributed by atoms with Crippen LogP contribution in [-0.4, -0.2) is 36.9 Å². The van der Waals surface area contributed by atoms with Crippen LogP contribution in [-0.2, 0) is 4.74 Å². The van der Waals surface area contributed by atoms with E-state index in [1.165, 1.54) is 11.3 Å². The van der Waals surface area contributed by atoms with Crippen LogP contribution in [0.15, 0.2) is 11.4 Å². The van der Waals surface area contributed by atoms with E-state index in [-0.39, 0.29) is 30.1 Å². The lowest BCUT2D eigenvalue weighted by molar-refractivity contribution is -0.0942. The minimum atomic E-state index is -0.173. The summed E-state index contributed by atoms with van der Waals surface area (Å²) in [7, 11) is 1.70. The van der Waals surface area contributed by atoms with Gasteiger partial charge in [0.25, 0.3) is 5.91 Å². The van der Waals surface area contributed by atoms with Crippen LogP contribution in [0, 0.1) is 17.3 Å². The molecule has 0 radical (unpaired) electrons. The number of nitrogens with one attached hydrogen (secondary N) is 1. The number of methoxy groups -OCH3 is 1. The maximum atomic E-state index is 12.2. The third kappa shape index (κ3) is 2.88. The van der Waals surface area contributed by atoms with Crippen molar-refractivity contribution in [2.75, 3.05) is 13.7 Å². The number of hydrogen-bond acceptors (Lipinski definition) is 4. The molecule has 0 aliphatic heterocycles. The van der Waals surface area contributed by atoms with Crippen LogP contribution >= 0.6 is 11.3 Å². The summed E-state index contributed by atoms with van der Waals surface area (Å²) in [4.78, 5) is 13.0. The smallest absolute Gasteiger partial charge is 0.252 e. The molecule has 1 aliphatic rings. The number of carbonyl (C=O) groups excluding carboxylic acids is 1. The summed E-state index contributed by atoms with van der Waals surface area (Å²) < 4.78 is 5.38. The SMILES string of the molecule is COC1CC(NC(=O)c2csc(C#CCO)c2)C1(C)C. The van der Waals surface area contributed by atoms with E-state index in [1.54, 1.807) is 18.6 Å². The average molecular weight is 293 g/mol. The van der Waals surface area contributed by atoms with Gasteiger partial charge in [0.05, 0.1) is 16.5 Å². The van der Waals surface area contributed by atoms with Gasteiger partial charge in [0.15, 0.2) is 0 Å². The number of thiophene rings is 1. The molecular formula is C15H19NO3S. The Hall–Kier alpha value is -1.35. The molecule has 1 aliphatic carbocycles. The Kier molecular flexibility index (Phi) is 4.48. The number of hydrogen-bond donors (Lipinski definition) is 2. The number of aliphatic hydroxyl groups is 1. The van der Waals surface area contributed by atoms with Gasteiger partial charge in [-0.15, -0.1) is 11.3 Å². The van der Waals surface area contributed by atoms with Crippen molar-refractivity contribution in [1.29, 1.82) is 0 Å². The van der Waals surface area contributed by atoms with Crippen molar-refractivity contribution in [3.8, 4) is 11.8 Å². The highest BCUT2D eigenvalue weighted by Crippen LogP contribution is 2.42. The van der Waals surface area contributed by atoms with Gasteiger partial charge in [0, 0.05) is 23.9 Å². The van der Waals surface area contributed by atoms with Crippen LogP contribution in [0.5, 0.6) is 0 Å². The second-order valence-corrected chi connectivity index (χ2v) is 6.38. The first-order chi connectivity index (χ1) is 9.48. The highest BCUT2D eigenvalue weighted by molar-refractivity contribution is 7.10. The molecule has 0 bridgehead atoms. The van der Waals surface area contributed by atoms with Crippen LogP contribution < -0.4 is 5.32 Å². The minimum absolute atomic E-state index is 0.0417. The van der Waals surface area contributed by atoms with E-state index < -0.39 is 0 Å². The van der Waals surface area contributed by atoms with E-state index in [0.29, 0.717) is 5.56 Å². The van der Waals surface area contributed by atoms with Gasteiger partial charge in [-0.3, -0.25) is 4.79 Å². The molecule has 2 unspecified atom stereocenters. The molecule has 1 fully saturated rings. The average Bonchev–Trinajstić information content (AvgIpc) is 2.89. The molecule has 20 heavy (non-hydrogen) atoms. The van der Waals surface area contributed by atoms with E-state index in [4.69, 9.17) is 9.84 Å². The van der Waals surface area contributed by atoms with Crippen molar-refractivity contribution >= 4 is 17.2 Å². The zero-order valence-corrected chi connectivity index (χ0v) is 12.7. The Morgan fingerprint density at radius 3 is 3.00 bits per heavy atom. The summed E-state index contributed by atoms with van der Waals surface area (Å²) in [6.45, 7) is 4.02. The molecule has 2 atom stereocenters. The minimum Gasteiger partial charge on any atom is -0.384 e. The number of aliphatic hydroxyl groups excluding tert-OH is 1. The highest BCUT2D eigenvalue weighted by atomic mass is 32.1. The standard InChI is InChI=1S/C15H19NO3S/c1-15(2)12(8-13(15)19-3)16-14(18)10-7-11(20-9-10)5-4-6-17/h7,9,12-13,17H,6,8H2,1-3H3,(H,16,18). The van der Waals surface area contributed by atoms with Crippen LogP contribution in [0.1, 0.15) is 35.5 Å². The fourth-order valence-corrected chi connectivity index (χ4v) is 3.17. The monoisotopic (exact) mass is 293 g/mol. The quantitative estimate of drug-likeness (QED) is 0.833. The van der Waals surface area contributed by atoms with Gasteiger partial charge in [-0.1, -0.05) is 25.7 Å². The van der Waals surface area contributed by atoms with Gasteiger partial charge >= 0.3 is 0 Å². The normalized spacial score (nSPS) is 23.4. The topological polar surface area (TPSA) is 58.6 Å². The van der Waals surface area contributed by atoms with Crippen molar-refractivity contribution in [2.45, 2.75) is 32.4 Å². The Labute approximate surface area is 123 Å². The molecule has 0 spiro atoms. The summed E-state index contributed by atoms with van der Waals surface area (Å²) in [5, 5.41) is 13.5. The second-order valence-electron chi connectivity index (χ2n) is 5.47. The van der Waals surface area contributed by atoms with E-state index in [9.17, 15) is 4.79 Å². The summed E-state index contributed by atoms with van der Waals surface area (Å²) >= 11 is 1.41. The van der Waals surface area contributed by atoms with Crippen LogP contribution in [0.25, 0.3) is 0 Å². The summed E-state index contributed by atoms with van der Waals surface area (Å²) in [5.41, 5.74) is 0.578. The lowest BCUT2D eigenvalue weighted by Crippen LogP contribution is -2.61. The number of ether oxygens (including phenoxy) is 1. The van der Waals surface area contributed by atoms with Crippen molar-refractivity contribution in [3.05, 3.63) is 21.9 Å². The summed E-state index contributed by atoms with van der Waals surface area (Å²) in [6.07, 6.45) is 1.04. The van der Waals surface area contributed by atoms with E-state index in [1.807, 2.05) is 0 Å². The van der Waals surface area contributed by atoms with Crippen molar-refractivity contribution in [2.24, 2.45) is 5.41 Å². The van der Waals surface area contributed by atoms with Crippen LogP contribution in [0.3, 0.4) is 0 Å². The van der Waals surface area contributed by atoms with Gasteiger partial charge in [0.2, 0.25) is 0 Å². The fourth-order valence-electron chi connectivity index (χ4n) is 2.42. The van der Waals surface area contributed by atoms with Gasteiger partial charge in [-0.05, 0) is 12.5 Å². The highest BCUT2D eigenvalue weighted by Gasteiger charge is 2.49. The summed E-state index contributed by atoms with van der Waals surface area (Å²) in [5.74, 6) is 5.30. The fraction of sp³-hybridized carbons (Fsp3) is 0.533. The molecular weight excluding hydrogens is 274 g/mol. The molecule has 1 aromatic rings. The molecule has 4 nitrogen and oxygen atoms in total. The Bertz CT molecular complexity index is 553. The summed E-state index contributed by atoms with van der Waals surface area (Å²) in [6, 6.07) is 1.88. The molecule has 1 amide bonds. The lowest BCUT2D eigenvalue weighted by Gasteiger charge is -2.51. The maximum Gasteiger partial charge on any atom is 0.252 e. The Morgan fingerprint density at radius 2 is 2.40 bits per heavy atom. The van der Waals surface area contributed by atoms with Crippen molar-refractivity contribution < 1.29 is 14.6 Å². The molecule has 1 saturated carbocycles. The largest absolute Gasteiger partial charge is 0.384 e. The van der Waals surface area contributed by atoms with Crippen LogP contribution in [0.2, 0.25) is 0 Å². The van der Waals surface area contributed by atoms with E-state index in [2.05, 4.69) is 31.0 Å². The zero-order chi connectivity index (χ0) is 14.8. The number of amides is 1. The van der Waals surface area contributed by atoms with Gasteiger partial charge in [-0.25, -0.2) is 0 Å². The van der Waals surface area contributed by atoms with E-state index in [0.717, 1.165) is 11.3 Å². The van der Waals surface area contributed by atoms with Crippen LogP contribution in [0.4, 0.5) is 0 Å². The second kappa shape index (κ2) is 5.96. The first kappa shape index (κ1) is 15.0. The molecule has 1 heterocycles. The first-order valence-corrected chi connectivity index (χ1v) is 7.39. The number of rotatable bonds is 3. The van der Waals surface area contributed by atoms with Crippen molar-refractivity contribution in [3.63, 3.8) is 0 Å². The molecule has 0 saturated heterocycles. The maximum absolute atomic E-state index is 12.2. The molecule has 1 aromatic heterocycles. The zero-order valence-electron chi connectivity index (χ0n) is 11.9. The lowest BCUT2D eigenvalue weighted by atomic mass is 9.64. The Balaban J connectivity index is 1.98. The molecule has 5 heteroatoms. The van der Waals surface area contributed by atoms with Gasteiger partial charge < -0.3 is 15.2 Å². The molecule has 2 rings (SSSR count). The van der Waals surface area contributed by atoms with E-state index >= 15 is 0 Å². The first-order valence-electron chi connectivity index (χ1n) is 6.51. The molecule has 108 valence electrons. The van der Waals surface area contributed by atoms with Gasteiger partial charge in [0.1, 0.15) is 6.61 Å².